The van der Waals surface area contributed by atoms with Crippen LogP contribution >= 0.6 is 11.6 Å². The van der Waals surface area contributed by atoms with E-state index in [9.17, 15) is 14.7 Å². The number of aromatic nitrogens is 1. The van der Waals surface area contributed by atoms with Gasteiger partial charge in [-0.15, -0.1) is 0 Å². The maximum Gasteiger partial charge on any atom is 0.289 e. The first-order chi connectivity index (χ1) is 12.0. The van der Waals surface area contributed by atoms with Crippen LogP contribution in [0.1, 0.15) is 5.56 Å². The van der Waals surface area contributed by atoms with Crippen molar-refractivity contribution in [2.75, 3.05) is 13.6 Å². The Hall–Kier alpha value is -2.86. The van der Waals surface area contributed by atoms with E-state index in [0.29, 0.717) is 5.15 Å². The minimum Gasteiger partial charge on any atom is -0.503 e. The van der Waals surface area contributed by atoms with Crippen molar-refractivity contribution < 1.29 is 14.7 Å². The standard InChI is InChI=1S/C18H16ClN3O3/c1-22-10-14(16(23)18(22)25)17(24)21-8-11-3-2-4-12(7-11)13-5-6-15(19)20-9-13/h2-7,9,23H,8,10H2,1H3,(H,21,24). The van der Waals surface area contributed by atoms with Crippen LogP contribution in [-0.2, 0) is 16.1 Å². The zero-order valence-electron chi connectivity index (χ0n) is 13.5. The number of hydrogen-bond donors (Lipinski definition) is 2. The molecule has 1 aliphatic heterocycles. The number of halogens is 1. The van der Waals surface area contributed by atoms with Crippen LogP contribution in [0.25, 0.3) is 11.1 Å². The van der Waals surface area contributed by atoms with Crippen molar-refractivity contribution in [2.24, 2.45) is 0 Å². The molecule has 0 bridgehead atoms. The minimum atomic E-state index is -0.539. The average molecular weight is 358 g/mol. The van der Waals surface area contributed by atoms with Crippen LogP contribution in [0.15, 0.2) is 53.9 Å². The summed E-state index contributed by atoms with van der Waals surface area (Å²) in [6.07, 6.45) is 1.68. The SMILES string of the molecule is CN1CC(C(=O)NCc2cccc(-c3ccc(Cl)nc3)c2)=C(O)C1=O. The van der Waals surface area contributed by atoms with Crippen LogP contribution in [0.3, 0.4) is 0 Å². The Bertz CT molecular complexity index is 862. The van der Waals surface area contributed by atoms with Gasteiger partial charge in [-0.1, -0.05) is 29.8 Å². The summed E-state index contributed by atoms with van der Waals surface area (Å²) in [6.45, 7) is 0.384. The van der Waals surface area contributed by atoms with Crippen LogP contribution in [0.5, 0.6) is 0 Å². The fourth-order valence-corrected chi connectivity index (χ4v) is 2.68. The molecule has 128 valence electrons. The lowest BCUT2D eigenvalue weighted by molar-refractivity contribution is -0.126. The van der Waals surface area contributed by atoms with E-state index in [0.717, 1.165) is 16.7 Å². The van der Waals surface area contributed by atoms with Gasteiger partial charge in [0.2, 0.25) is 0 Å². The fourth-order valence-electron chi connectivity index (χ4n) is 2.57. The number of aliphatic hydroxyl groups is 1. The number of pyridine rings is 1. The lowest BCUT2D eigenvalue weighted by Crippen LogP contribution is -2.27. The highest BCUT2D eigenvalue weighted by atomic mass is 35.5. The summed E-state index contributed by atoms with van der Waals surface area (Å²) >= 11 is 5.80. The zero-order valence-corrected chi connectivity index (χ0v) is 14.2. The van der Waals surface area contributed by atoms with Crippen LogP contribution in [0.4, 0.5) is 0 Å². The van der Waals surface area contributed by atoms with Gasteiger partial charge in [0.05, 0.1) is 12.1 Å². The Morgan fingerprint density at radius 1 is 1.32 bits per heavy atom. The quantitative estimate of drug-likeness (QED) is 0.822. The van der Waals surface area contributed by atoms with Gasteiger partial charge in [-0.25, -0.2) is 4.98 Å². The molecule has 0 radical (unpaired) electrons. The molecule has 0 fully saturated rings. The van der Waals surface area contributed by atoms with E-state index in [-0.39, 0.29) is 18.7 Å². The van der Waals surface area contributed by atoms with Gasteiger partial charge in [0.1, 0.15) is 5.15 Å². The molecular formula is C18H16ClN3O3. The van der Waals surface area contributed by atoms with Gasteiger partial charge in [0.15, 0.2) is 5.76 Å². The van der Waals surface area contributed by atoms with Crippen molar-refractivity contribution in [1.29, 1.82) is 0 Å². The highest BCUT2D eigenvalue weighted by Crippen LogP contribution is 2.21. The number of hydrogen-bond acceptors (Lipinski definition) is 4. The molecule has 2 N–H and O–H groups in total. The molecule has 1 aromatic carbocycles. The maximum absolute atomic E-state index is 12.2. The molecule has 7 heteroatoms. The molecule has 2 amide bonds. The molecule has 3 rings (SSSR count). The zero-order chi connectivity index (χ0) is 18.0. The van der Waals surface area contributed by atoms with Gasteiger partial charge in [-0.3, -0.25) is 9.59 Å². The predicted octanol–water partition coefficient (Wildman–Crippen LogP) is 2.30. The van der Waals surface area contributed by atoms with Gasteiger partial charge >= 0.3 is 0 Å². The molecule has 0 spiro atoms. The second-order valence-electron chi connectivity index (χ2n) is 5.74. The van der Waals surface area contributed by atoms with E-state index in [1.165, 1.54) is 11.9 Å². The van der Waals surface area contributed by atoms with Gasteiger partial charge in [0, 0.05) is 25.4 Å². The molecule has 0 saturated heterocycles. The Morgan fingerprint density at radius 2 is 2.12 bits per heavy atom. The van der Waals surface area contributed by atoms with Crippen molar-refractivity contribution in [3.05, 3.63) is 64.6 Å². The predicted molar refractivity (Wildman–Crippen MR) is 93.8 cm³/mol. The third kappa shape index (κ3) is 3.64. The third-order valence-electron chi connectivity index (χ3n) is 3.95. The number of rotatable bonds is 4. The highest BCUT2D eigenvalue weighted by molar-refractivity contribution is 6.29. The molecule has 2 heterocycles. The molecule has 0 saturated carbocycles. The van der Waals surface area contributed by atoms with E-state index in [1.807, 2.05) is 30.3 Å². The molecular weight excluding hydrogens is 342 g/mol. The van der Waals surface area contributed by atoms with Gasteiger partial charge in [0.25, 0.3) is 11.8 Å². The van der Waals surface area contributed by atoms with Crippen LogP contribution in [0.2, 0.25) is 5.15 Å². The largest absolute Gasteiger partial charge is 0.503 e. The van der Waals surface area contributed by atoms with Crippen LogP contribution in [0, 0.1) is 0 Å². The van der Waals surface area contributed by atoms with E-state index in [4.69, 9.17) is 11.6 Å². The van der Waals surface area contributed by atoms with Crippen molar-refractivity contribution in [1.82, 2.24) is 15.2 Å². The normalized spacial score (nSPS) is 14.2. The summed E-state index contributed by atoms with van der Waals surface area (Å²) in [5.74, 6) is -1.47. The van der Waals surface area contributed by atoms with Gasteiger partial charge in [-0.2, -0.15) is 0 Å². The molecule has 25 heavy (non-hydrogen) atoms. The molecule has 0 aliphatic carbocycles. The van der Waals surface area contributed by atoms with Crippen molar-refractivity contribution >= 4 is 23.4 Å². The number of amides is 2. The van der Waals surface area contributed by atoms with E-state index >= 15 is 0 Å². The number of carbonyl (C=O) groups is 2. The van der Waals surface area contributed by atoms with E-state index < -0.39 is 17.6 Å². The summed E-state index contributed by atoms with van der Waals surface area (Å²) in [5.41, 5.74) is 2.85. The Morgan fingerprint density at radius 3 is 2.76 bits per heavy atom. The van der Waals surface area contributed by atoms with Crippen LogP contribution in [-0.4, -0.2) is 40.4 Å². The van der Waals surface area contributed by atoms with Crippen LogP contribution < -0.4 is 5.32 Å². The summed E-state index contributed by atoms with van der Waals surface area (Å²) in [5, 5.41) is 12.9. The molecule has 1 aliphatic rings. The summed E-state index contributed by atoms with van der Waals surface area (Å²) in [4.78, 5) is 29.1. The van der Waals surface area contributed by atoms with Crippen molar-refractivity contribution in [3.8, 4) is 11.1 Å². The second kappa shape index (κ2) is 6.94. The lowest BCUT2D eigenvalue weighted by Gasteiger charge is -2.09. The number of aliphatic hydroxyl groups excluding tert-OH is 1. The first-order valence-corrected chi connectivity index (χ1v) is 8.00. The summed E-state index contributed by atoms with van der Waals surface area (Å²) < 4.78 is 0. The number of benzene rings is 1. The van der Waals surface area contributed by atoms with E-state index in [2.05, 4.69) is 10.3 Å². The smallest absolute Gasteiger partial charge is 0.289 e. The lowest BCUT2D eigenvalue weighted by atomic mass is 10.0. The number of likely N-dealkylation sites (N-methyl/N-ethyl adjacent to an activating group) is 1. The number of carbonyl (C=O) groups excluding carboxylic acids is 2. The van der Waals surface area contributed by atoms with Crippen molar-refractivity contribution in [3.63, 3.8) is 0 Å². The number of nitrogens with zero attached hydrogens (tertiary/aromatic N) is 2. The Kier molecular flexibility index (Phi) is 4.72. The topological polar surface area (TPSA) is 82.5 Å². The summed E-state index contributed by atoms with van der Waals surface area (Å²) in [6, 6.07) is 11.2. The highest BCUT2D eigenvalue weighted by Gasteiger charge is 2.31. The Labute approximate surface area is 149 Å². The second-order valence-corrected chi connectivity index (χ2v) is 6.13. The minimum absolute atomic E-state index is 0.0885. The molecule has 2 aromatic rings. The van der Waals surface area contributed by atoms with Gasteiger partial charge in [-0.05, 0) is 29.3 Å². The van der Waals surface area contributed by atoms with E-state index in [1.54, 1.807) is 12.3 Å². The molecule has 0 unspecified atom stereocenters. The van der Waals surface area contributed by atoms with Gasteiger partial charge < -0.3 is 15.3 Å². The molecule has 1 aromatic heterocycles. The first kappa shape index (κ1) is 17.0. The first-order valence-electron chi connectivity index (χ1n) is 7.62. The summed E-state index contributed by atoms with van der Waals surface area (Å²) in [7, 11) is 1.53. The monoisotopic (exact) mass is 357 g/mol. The molecule has 6 nitrogen and oxygen atoms in total. The Balaban J connectivity index is 1.70. The van der Waals surface area contributed by atoms with Crippen molar-refractivity contribution in [2.45, 2.75) is 6.54 Å². The average Bonchev–Trinajstić information content (AvgIpc) is 2.88. The number of nitrogens with one attached hydrogen (secondary N) is 1. The maximum atomic E-state index is 12.2. The third-order valence-corrected chi connectivity index (χ3v) is 4.17. The molecule has 0 atom stereocenters. The fraction of sp³-hybridized carbons (Fsp3) is 0.167.